The van der Waals surface area contributed by atoms with Crippen molar-refractivity contribution in [3.8, 4) is 22.3 Å². The molecule has 0 atom stereocenters. The SMILES string of the molecule is NCc1ncc(-c2ccc3nccc(-c4ccncc4)c3c2)cc1S(N)(=O)=O. The van der Waals surface area contributed by atoms with Crippen molar-refractivity contribution in [2.24, 2.45) is 10.9 Å². The van der Waals surface area contributed by atoms with Crippen molar-refractivity contribution in [1.82, 2.24) is 15.0 Å². The van der Waals surface area contributed by atoms with Crippen molar-refractivity contribution in [2.75, 3.05) is 0 Å². The summed E-state index contributed by atoms with van der Waals surface area (Å²) in [4.78, 5) is 12.6. The number of nitrogens with zero attached hydrogens (tertiary/aromatic N) is 3. The van der Waals surface area contributed by atoms with Gasteiger partial charge >= 0.3 is 0 Å². The number of hydrogen-bond acceptors (Lipinski definition) is 6. The van der Waals surface area contributed by atoms with Gasteiger partial charge in [0.25, 0.3) is 0 Å². The van der Waals surface area contributed by atoms with E-state index in [9.17, 15) is 8.42 Å². The van der Waals surface area contributed by atoms with Gasteiger partial charge < -0.3 is 5.73 Å². The topological polar surface area (TPSA) is 125 Å². The van der Waals surface area contributed by atoms with Crippen LogP contribution in [0.2, 0.25) is 0 Å². The van der Waals surface area contributed by atoms with Crippen molar-refractivity contribution in [1.29, 1.82) is 0 Å². The summed E-state index contributed by atoms with van der Waals surface area (Å²) in [6.45, 7) is -0.0140. The number of fused-ring (bicyclic) bond motifs is 1. The summed E-state index contributed by atoms with van der Waals surface area (Å²) >= 11 is 0. The number of aromatic nitrogens is 3. The third kappa shape index (κ3) is 3.36. The predicted octanol–water partition coefficient (Wildman–Crippen LogP) is 2.46. The lowest BCUT2D eigenvalue weighted by Crippen LogP contribution is -2.17. The fourth-order valence-corrected chi connectivity index (χ4v) is 3.90. The van der Waals surface area contributed by atoms with E-state index in [0.29, 0.717) is 5.56 Å². The summed E-state index contributed by atoms with van der Waals surface area (Å²) in [6.07, 6.45) is 6.83. The molecule has 0 amide bonds. The fourth-order valence-electron chi connectivity index (χ4n) is 3.14. The molecule has 28 heavy (non-hydrogen) atoms. The van der Waals surface area contributed by atoms with E-state index in [1.54, 1.807) is 24.8 Å². The number of nitrogens with two attached hydrogens (primary N) is 2. The van der Waals surface area contributed by atoms with Gasteiger partial charge in [0.15, 0.2) is 0 Å². The zero-order valence-corrected chi connectivity index (χ0v) is 15.6. The highest BCUT2D eigenvalue weighted by atomic mass is 32.2. The Morgan fingerprint density at radius 3 is 2.36 bits per heavy atom. The van der Waals surface area contributed by atoms with Gasteiger partial charge in [0.2, 0.25) is 10.0 Å². The molecule has 8 heteroatoms. The molecule has 0 spiro atoms. The van der Waals surface area contributed by atoms with Crippen LogP contribution in [0.5, 0.6) is 0 Å². The van der Waals surface area contributed by atoms with Crippen LogP contribution in [-0.2, 0) is 16.6 Å². The van der Waals surface area contributed by atoms with Gasteiger partial charge in [-0.3, -0.25) is 15.0 Å². The van der Waals surface area contributed by atoms with E-state index in [4.69, 9.17) is 10.9 Å². The van der Waals surface area contributed by atoms with Crippen molar-refractivity contribution >= 4 is 20.9 Å². The Hall–Kier alpha value is -3.20. The standard InChI is InChI=1S/C20H17N5O2S/c21-11-19-20(28(22,26)27)10-15(12-25-19)14-1-2-18-17(9-14)16(5-8-24-18)13-3-6-23-7-4-13/h1-10,12H,11,21H2,(H2,22,26,27). The van der Waals surface area contributed by atoms with Crippen molar-refractivity contribution < 1.29 is 8.42 Å². The molecule has 140 valence electrons. The van der Waals surface area contributed by atoms with Crippen LogP contribution in [-0.4, -0.2) is 23.4 Å². The van der Waals surface area contributed by atoms with Gasteiger partial charge in [0.1, 0.15) is 4.90 Å². The number of benzene rings is 1. The monoisotopic (exact) mass is 391 g/mol. The molecule has 0 aliphatic carbocycles. The minimum Gasteiger partial charge on any atom is -0.325 e. The zero-order chi connectivity index (χ0) is 19.7. The molecule has 0 bridgehead atoms. The first-order chi connectivity index (χ1) is 13.5. The van der Waals surface area contributed by atoms with Gasteiger partial charge in [-0.05, 0) is 53.1 Å². The second kappa shape index (κ2) is 7.08. The number of sulfonamides is 1. The summed E-state index contributed by atoms with van der Waals surface area (Å²) in [5.41, 5.74) is 10.1. The van der Waals surface area contributed by atoms with Crippen LogP contribution in [0.15, 0.2) is 72.1 Å². The Bertz CT molecular complexity index is 1270. The summed E-state index contributed by atoms with van der Waals surface area (Å²) in [7, 11) is -3.93. The number of hydrogen-bond donors (Lipinski definition) is 2. The Labute approximate surface area is 162 Å². The van der Waals surface area contributed by atoms with Crippen LogP contribution in [0.4, 0.5) is 0 Å². The van der Waals surface area contributed by atoms with E-state index >= 15 is 0 Å². The van der Waals surface area contributed by atoms with E-state index in [-0.39, 0.29) is 17.1 Å². The lowest BCUT2D eigenvalue weighted by Gasteiger charge is -2.11. The minimum absolute atomic E-state index is 0.0140. The summed E-state index contributed by atoms with van der Waals surface area (Å²) in [5, 5.41) is 6.27. The van der Waals surface area contributed by atoms with Crippen LogP contribution >= 0.6 is 0 Å². The fraction of sp³-hybridized carbons (Fsp3) is 0.0500. The van der Waals surface area contributed by atoms with Crippen LogP contribution in [0.1, 0.15) is 5.69 Å². The van der Waals surface area contributed by atoms with E-state index < -0.39 is 10.0 Å². The Morgan fingerprint density at radius 2 is 1.64 bits per heavy atom. The first-order valence-electron chi connectivity index (χ1n) is 8.49. The van der Waals surface area contributed by atoms with Crippen LogP contribution in [0, 0.1) is 0 Å². The molecule has 4 aromatic rings. The van der Waals surface area contributed by atoms with Gasteiger partial charge in [-0.25, -0.2) is 13.6 Å². The second-order valence-electron chi connectivity index (χ2n) is 6.24. The number of pyridine rings is 3. The summed E-state index contributed by atoms with van der Waals surface area (Å²) in [5.74, 6) is 0. The quantitative estimate of drug-likeness (QED) is 0.550. The van der Waals surface area contributed by atoms with Gasteiger partial charge in [0.05, 0.1) is 11.2 Å². The first-order valence-corrected chi connectivity index (χ1v) is 10.0. The molecule has 0 unspecified atom stereocenters. The Balaban J connectivity index is 1.92. The molecule has 3 heterocycles. The molecule has 1 aromatic carbocycles. The molecule has 0 saturated carbocycles. The zero-order valence-electron chi connectivity index (χ0n) is 14.8. The second-order valence-corrected chi connectivity index (χ2v) is 7.77. The molecule has 4 rings (SSSR count). The highest BCUT2D eigenvalue weighted by Crippen LogP contribution is 2.31. The molecular weight excluding hydrogens is 374 g/mol. The Morgan fingerprint density at radius 1 is 0.857 bits per heavy atom. The lowest BCUT2D eigenvalue weighted by atomic mass is 9.98. The third-order valence-corrected chi connectivity index (χ3v) is 5.46. The average Bonchev–Trinajstić information content (AvgIpc) is 2.72. The first kappa shape index (κ1) is 18.2. The molecule has 4 N–H and O–H groups in total. The third-order valence-electron chi connectivity index (χ3n) is 4.50. The summed E-state index contributed by atoms with van der Waals surface area (Å²) < 4.78 is 23.8. The average molecular weight is 391 g/mol. The predicted molar refractivity (Wildman–Crippen MR) is 107 cm³/mol. The molecule has 0 fully saturated rings. The van der Waals surface area contributed by atoms with Gasteiger partial charge in [-0.15, -0.1) is 0 Å². The smallest absolute Gasteiger partial charge is 0.239 e. The van der Waals surface area contributed by atoms with Gasteiger partial charge in [-0.2, -0.15) is 0 Å². The maximum Gasteiger partial charge on any atom is 0.239 e. The molecular formula is C20H17N5O2S. The Kier molecular flexibility index (Phi) is 4.60. The van der Waals surface area contributed by atoms with Gasteiger partial charge in [0, 0.05) is 42.3 Å². The maximum atomic E-state index is 11.9. The molecule has 7 nitrogen and oxygen atoms in total. The normalized spacial score (nSPS) is 11.6. The number of primary sulfonamides is 1. The molecule has 0 saturated heterocycles. The highest BCUT2D eigenvalue weighted by Gasteiger charge is 2.16. The minimum atomic E-state index is -3.93. The molecule has 0 aliphatic rings. The molecule has 0 radical (unpaired) electrons. The largest absolute Gasteiger partial charge is 0.325 e. The van der Waals surface area contributed by atoms with Crippen molar-refractivity contribution in [2.45, 2.75) is 11.4 Å². The summed E-state index contributed by atoms with van der Waals surface area (Å²) in [6, 6.07) is 13.0. The van der Waals surface area contributed by atoms with Crippen LogP contribution < -0.4 is 10.9 Å². The molecule has 3 aromatic heterocycles. The lowest BCUT2D eigenvalue weighted by molar-refractivity contribution is 0.596. The van der Waals surface area contributed by atoms with E-state index in [0.717, 1.165) is 27.6 Å². The van der Waals surface area contributed by atoms with E-state index in [1.807, 2.05) is 36.4 Å². The van der Waals surface area contributed by atoms with Crippen LogP contribution in [0.25, 0.3) is 33.2 Å². The van der Waals surface area contributed by atoms with Gasteiger partial charge in [-0.1, -0.05) is 6.07 Å². The van der Waals surface area contributed by atoms with E-state index in [1.165, 1.54) is 6.07 Å². The number of rotatable bonds is 4. The van der Waals surface area contributed by atoms with Crippen molar-refractivity contribution in [3.05, 3.63) is 72.9 Å². The van der Waals surface area contributed by atoms with E-state index in [2.05, 4.69) is 15.0 Å². The maximum absolute atomic E-state index is 11.9. The van der Waals surface area contributed by atoms with Crippen molar-refractivity contribution in [3.63, 3.8) is 0 Å². The van der Waals surface area contributed by atoms with Crippen LogP contribution in [0.3, 0.4) is 0 Å². The highest BCUT2D eigenvalue weighted by molar-refractivity contribution is 7.89. The molecule has 0 aliphatic heterocycles.